The SMILES string of the molecule is CC(CCC1C(=O)OC(=O)C1C1C2CCC(C2)C1C)C(=O)OC1(C)CCCCC1. The minimum atomic E-state index is -0.394. The molecule has 1 heterocycles. The maximum Gasteiger partial charge on any atom is 0.317 e. The molecule has 4 fully saturated rings. The van der Waals surface area contributed by atoms with Crippen LogP contribution in [0.25, 0.3) is 0 Å². The molecule has 162 valence electrons. The fraction of sp³-hybridized carbons (Fsp3) is 0.875. The lowest BCUT2D eigenvalue weighted by Crippen LogP contribution is -2.36. The van der Waals surface area contributed by atoms with Gasteiger partial charge in [0.15, 0.2) is 0 Å². The van der Waals surface area contributed by atoms with E-state index in [9.17, 15) is 14.4 Å². The van der Waals surface area contributed by atoms with Crippen LogP contribution in [0.15, 0.2) is 0 Å². The van der Waals surface area contributed by atoms with Crippen LogP contribution in [0.5, 0.6) is 0 Å². The highest BCUT2D eigenvalue weighted by Gasteiger charge is 2.57. The molecular weight excluding hydrogens is 368 g/mol. The first kappa shape index (κ1) is 20.9. The summed E-state index contributed by atoms with van der Waals surface area (Å²) in [5.41, 5.74) is -0.340. The highest BCUT2D eigenvalue weighted by molar-refractivity contribution is 5.96. The second-order valence-electron chi connectivity index (χ2n) is 10.6. The zero-order chi connectivity index (χ0) is 20.8. The average Bonchev–Trinajstić information content (AvgIpc) is 3.33. The van der Waals surface area contributed by atoms with Crippen molar-refractivity contribution < 1.29 is 23.9 Å². The average molecular weight is 405 g/mol. The summed E-state index contributed by atoms with van der Waals surface area (Å²) >= 11 is 0. The molecule has 0 amide bonds. The van der Waals surface area contributed by atoms with Gasteiger partial charge in [0.2, 0.25) is 0 Å². The third kappa shape index (κ3) is 3.98. The Morgan fingerprint density at radius 2 is 1.83 bits per heavy atom. The van der Waals surface area contributed by atoms with E-state index in [1.165, 1.54) is 25.7 Å². The molecule has 0 radical (unpaired) electrons. The maximum absolute atomic E-state index is 12.7. The van der Waals surface area contributed by atoms with Gasteiger partial charge in [0.25, 0.3) is 0 Å². The van der Waals surface area contributed by atoms with Crippen molar-refractivity contribution in [2.45, 2.75) is 90.6 Å². The molecule has 5 heteroatoms. The third-order valence-electron chi connectivity index (χ3n) is 8.60. The zero-order valence-corrected chi connectivity index (χ0v) is 18.2. The molecule has 3 saturated carbocycles. The zero-order valence-electron chi connectivity index (χ0n) is 18.2. The molecule has 7 unspecified atom stereocenters. The van der Waals surface area contributed by atoms with Gasteiger partial charge >= 0.3 is 17.9 Å². The van der Waals surface area contributed by atoms with Gasteiger partial charge in [-0.3, -0.25) is 14.4 Å². The van der Waals surface area contributed by atoms with Gasteiger partial charge in [-0.1, -0.05) is 20.3 Å². The summed E-state index contributed by atoms with van der Waals surface area (Å²) in [5.74, 6) is 0.140. The van der Waals surface area contributed by atoms with Crippen molar-refractivity contribution in [2.24, 2.45) is 41.4 Å². The summed E-state index contributed by atoms with van der Waals surface area (Å²) < 4.78 is 11.0. The third-order valence-corrected chi connectivity index (χ3v) is 8.60. The standard InChI is InChI=1S/C24H36O5/c1-14(21(25)29-24(3)11-5-4-6-12-24)7-10-18-20(23(27)28-22(18)26)19-15(2)16-8-9-17(19)13-16/h14-20H,4-13H2,1-3H3. The van der Waals surface area contributed by atoms with Crippen molar-refractivity contribution in [3.05, 3.63) is 0 Å². The van der Waals surface area contributed by atoms with Crippen LogP contribution in [0.2, 0.25) is 0 Å². The fourth-order valence-electron chi connectivity index (χ4n) is 6.81. The minimum absolute atomic E-state index is 0.170. The molecule has 29 heavy (non-hydrogen) atoms. The maximum atomic E-state index is 12.7. The van der Waals surface area contributed by atoms with Gasteiger partial charge in [-0.2, -0.15) is 0 Å². The molecule has 0 aromatic heterocycles. The van der Waals surface area contributed by atoms with Crippen LogP contribution in [0.1, 0.15) is 85.0 Å². The number of cyclic esters (lactones) is 2. The van der Waals surface area contributed by atoms with Crippen LogP contribution >= 0.6 is 0 Å². The Morgan fingerprint density at radius 3 is 2.48 bits per heavy atom. The van der Waals surface area contributed by atoms with E-state index in [1.54, 1.807) is 0 Å². The lowest BCUT2D eigenvalue weighted by atomic mass is 9.68. The Hall–Kier alpha value is -1.39. The van der Waals surface area contributed by atoms with E-state index in [2.05, 4.69) is 6.92 Å². The van der Waals surface area contributed by atoms with Gasteiger partial charge in [0.1, 0.15) is 5.60 Å². The van der Waals surface area contributed by atoms with Crippen LogP contribution < -0.4 is 0 Å². The Balaban J connectivity index is 1.36. The minimum Gasteiger partial charge on any atom is -0.459 e. The Kier molecular flexibility index (Phi) is 5.78. The Bertz CT molecular complexity index is 662. The monoisotopic (exact) mass is 404 g/mol. The Labute approximate surface area is 174 Å². The lowest BCUT2D eigenvalue weighted by Gasteiger charge is -2.34. The highest BCUT2D eigenvalue weighted by Crippen LogP contribution is 2.57. The van der Waals surface area contributed by atoms with Crippen LogP contribution in [0, 0.1) is 41.4 Å². The molecule has 7 atom stereocenters. The summed E-state index contributed by atoms with van der Waals surface area (Å²) in [4.78, 5) is 37.7. The van der Waals surface area contributed by atoms with E-state index in [0.29, 0.717) is 30.6 Å². The molecule has 0 spiro atoms. The van der Waals surface area contributed by atoms with Crippen molar-refractivity contribution in [3.63, 3.8) is 0 Å². The molecule has 0 aromatic rings. The van der Waals surface area contributed by atoms with E-state index in [4.69, 9.17) is 9.47 Å². The fourth-order valence-corrected chi connectivity index (χ4v) is 6.81. The quantitative estimate of drug-likeness (QED) is 0.475. The molecule has 5 nitrogen and oxygen atoms in total. The number of fused-ring (bicyclic) bond motifs is 2. The second-order valence-corrected chi connectivity index (χ2v) is 10.6. The first-order valence-corrected chi connectivity index (χ1v) is 11.8. The van der Waals surface area contributed by atoms with Gasteiger partial charge in [0.05, 0.1) is 17.8 Å². The summed E-state index contributed by atoms with van der Waals surface area (Å²) in [5, 5.41) is 0. The molecule has 1 aliphatic heterocycles. The van der Waals surface area contributed by atoms with Crippen molar-refractivity contribution in [1.29, 1.82) is 0 Å². The number of rotatable bonds is 6. The summed E-state index contributed by atoms with van der Waals surface area (Å²) in [6.07, 6.45) is 10.0. The van der Waals surface area contributed by atoms with Crippen LogP contribution in [0.3, 0.4) is 0 Å². The number of carbonyl (C=O) groups excluding carboxylic acids is 3. The van der Waals surface area contributed by atoms with E-state index < -0.39 is 5.92 Å². The normalized spacial score (nSPS) is 39.4. The van der Waals surface area contributed by atoms with Crippen LogP contribution in [-0.4, -0.2) is 23.5 Å². The smallest absolute Gasteiger partial charge is 0.317 e. The van der Waals surface area contributed by atoms with E-state index in [1.807, 2.05) is 13.8 Å². The van der Waals surface area contributed by atoms with Crippen molar-refractivity contribution >= 4 is 17.9 Å². The van der Waals surface area contributed by atoms with Gasteiger partial charge in [-0.05, 0) is 88.4 Å². The largest absolute Gasteiger partial charge is 0.459 e. The van der Waals surface area contributed by atoms with E-state index in [0.717, 1.165) is 25.7 Å². The first-order chi connectivity index (χ1) is 13.8. The van der Waals surface area contributed by atoms with Crippen LogP contribution in [-0.2, 0) is 23.9 Å². The predicted molar refractivity (Wildman–Crippen MR) is 108 cm³/mol. The first-order valence-electron chi connectivity index (χ1n) is 11.8. The molecule has 0 aromatic carbocycles. The predicted octanol–water partition coefficient (Wildman–Crippen LogP) is 4.67. The molecule has 1 saturated heterocycles. The molecular formula is C24H36O5. The second kappa shape index (κ2) is 8.03. The van der Waals surface area contributed by atoms with Gasteiger partial charge in [-0.25, -0.2) is 0 Å². The Morgan fingerprint density at radius 1 is 1.14 bits per heavy atom. The van der Waals surface area contributed by atoms with Crippen molar-refractivity contribution in [1.82, 2.24) is 0 Å². The van der Waals surface area contributed by atoms with E-state index >= 15 is 0 Å². The van der Waals surface area contributed by atoms with Crippen molar-refractivity contribution in [3.8, 4) is 0 Å². The number of carbonyl (C=O) groups is 3. The molecule has 2 bridgehead atoms. The van der Waals surface area contributed by atoms with Gasteiger partial charge in [0, 0.05) is 0 Å². The molecule has 4 rings (SSSR count). The molecule has 0 N–H and O–H groups in total. The van der Waals surface area contributed by atoms with Crippen LogP contribution in [0.4, 0.5) is 0 Å². The van der Waals surface area contributed by atoms with Gasteiger partial charge in [-0.15, -0.1) is 0 Å². The summed E-state index contributed by atoms with van der Waals surface area (Å²) in [7, 11) is 0. The highest BCUT2D eigenvalue weighted by atomic mass is 16.6. The molecule has 4 aliphatic rings. The van der Waals surface area contributed by atoms with E-state index in [-0.39, 0.29) is 41.3 Å². The van der Waals surface area contributed by atoms with Crippen molar-refractivity contribution in [2.75, 3.05) is 0 Å². The van der Waals surface area contributed by atoms with Gasteiger partial charge < -0.3 is 9.47 Å². The number of ether oxygens (including phenoxy) is 2. The number of hydrogen-bond donors (Lipinski definition) is 0. The number of esters is 3. The summed E-state index contributed by atoms with van der Waals surface area (Å²) in [6, 6.07) is 0. The molecule has 3 aliphatic carbocycles. The number of hydrogen-bond acceptors (Lipinski definition) is 5. The lowest BCUT2D eigenvalue weighted by molar-refractivity contribution is -0.166. The summed E-state index contributed by atoms with van der Waals surface area (Å²) in [6.45, 7) is 6.16. The topological polar surface area (TPSA) is 69.7 Å².